The molecule has 0 aromatic carbocycles. The van der Waals surface area contributed by atoms with Crippen LogP contribution in [0.1, 0.15) is 12.8 Å². The van der Waals surface area contributed by atoms with Crippen LogP contribution < -0.4 is 5.73 Å². The van der Waals surface area contributed by atoms with E-state index in [0.717, 1.165) is 12.1 Å². The molecule has 15 heavy (non-hydrogen) atoms. The van der Waals surface area contributed by atoms with Gasteiger partial charge in [0, 0.05) is 12.1 Å². The molecule has 3 fully saturated rings. The van der Waals surface area contributed by atoms with Gasteiger partial charge in [-0.2, -0.15) is 0 Å². The van der Waals surface area contributed by atoms with Gasteiger partial charge in [0.15, 0.2) is 0 Å². The number of quaternary nitrogens is 2. The summed E-state index contributed by atoms with van der Waals surface area (Å²) in [6.45, 7) is 13.4. The zero-order chi connectivity index (χ0) is 10.9. The molecule has 0 unspecified atom stereocenters. The summed E-state index contributed by atoms with van der Waals surface area (Å²) < 4.78 is 2.69. The monoisotopic (exact) mass is 211 g/mol. The number of nitrogens with two attached hydrogens (primary N) is 1. The number of piperazine rings is 3. The molecule has 2 N–H and O–H groups in total. The van der Waals surface area contributed by atoms with Gasteiger partial charge < -0.3 is 14.7 Å². The second-order valence-electron chi connectivity index (χ2n) is 5.79. The summed E-state index contributed by atoms with van der Waals surface area (Å²) in [5, 5.41) is 0. The van der Waals surface area contributed by atoms with Crippen molar-refractivity contribution in [2.24, 2.45) is 5.73 Å². The highest BCUT2D eigenvalue weighted by molar-refractivity contribution is 4.85. The van der Waals surface area contributed by atoms with Gasteiger partial charge in [0.05, 0.1) is 13.6 Å². The van der Waals surface area contributed by atoms with E-state index in [0.29, 0.717) is 0 Å². The molecule has 0 atom stereocenters. The molecule has 0 aromatic rings. The lowest BCUT2D eigenvalue weighted by atomic mass is 10.1. The van der Waals surface area contributed by atoms with E-state index in [1.54, 1.807) is 0 Å². The predicted octanol–water partition coefficient (Wildman–Crippen LogP) is 0.530. The standard InChI is InChI=1S/C12H25N3/c1-12(13)4-3-5-15-9-6-14(2,7-10-15)8-11-15/h1,3-11,13H2,2H3/q+2. The minimum atomic E-state index is 0.850. The molecule has 0 saturated carbocycles. The normalized spacial score (nSPS) is 39.3. The fourth-order valence-corrected chi connectivity index (χ4v) is 3.01. The summed E-state index contributed by atoms with van der Waals surface area (Å²) in [6, 6.07) is 0. The second-order valence-corrected chi connectivity index (χ2v) is 5.79. The maximum Gasteiger partial charge on any atom is 0.129 e. The highest BCUT2D eigenvalue weighted by atomic mass is 15.5. The van der Waals surface area contributed by atoms with Crippen LogP contribution in [-0.4, -0.2) is 61.8 Å². The molecule has 0 aliphatic carbocycles. The summed E-state index contributed by atoms with van der Waals surface area (Å²) in [7, 11) is 2.41. The average molecular weight is 211 g/mol. The maximum atomic E-state index is 5.62. The number of rotatable bonds is 4. The van der Waals surface area contributed by atoms with Crippen molar-refractivity contribution in [3.05, 3.63) is 12.3 Å². The number of fused-ring (bicyclic) bond motifs is 3. The van der Waals surface area contributed by atoms with Crippen LogP contribution in [0.2, 0.25) is 0 Å². The lowest BCUT2D eigenvalue weighted by Crippen LogP contribution is -2.73. The van der Waals surface area contributed by atoms with E-state index in [1.165, 1.54) is 61.2 Å². The molecule has 0 radical (unpaired) electrons. The highest BCUT2D eigenvalue weighted by Gasteiger charge is 2.45. The molecule has 3 nitrogen and oxygen atoms in total. The van der Waals surface area contributed by atoms with Crippen molar-refractivity contribution in [3.8, 4) is 0 Å². The van der Waals surface area contributed by atoms with Gasteiger partial charge in [0.25, 0.3) is 0 Å². The van der Waals surface area contributed by atoms with Gasteiger partial charge in [-0.25, -0.2) is 0 Å². The van der Waals surface area contributed by atoms with Crippen molar-refractivity contribution in [3.63, 3.8) is 0 Å². The number of allylic oxidation sites excluding steroid dienone is 1. The lowest BCUT2D eigenvalue weighted by Gasteiger charge is -2.54. The predicted molar refractivity (Wildman–Crippen MR) is 63.1 cm³/mol. The zero-order valence-corrected chi connectivity index (χ0v) is 10.0. The molecule has 3 aliphatic heterocycles. The first kappa shape index (κ1) is 11.0. The van der Waals surface area contributed by atoms with E-state index < -0.39 is 0 Å². The Hall–Kier alpha value is -0.540. The van der Waals surface area contributed by atoms with Gasteiger partial charge in [0.2, 0.25) is 0 Å². The molecular weight excluding hydrogens is 186 g/mol. The highest BCUT2D eigenvalue weighted by Crippen LogP contribution is 2.25. The minimum absolute atomic E-state index is 0.850. The van der Waals surface area contributed by atoms with E-state index in [9.17, 15) is 0 Å². The van der Waals surface area contributed by atoms with Crippen molar-refractivity contribution in [2.45, 2.75) is 12.8 Å². The van der Waals surface area contributed by atoms with Crippen LogP contribution in [0.4, 0.5) is 0 Å². The van der Waals surface area contributed by atoms with Gasteiger partial charge >= 0.3 is 0 Å². The molecule has 0 spiro atoms. The SMILES string of the molecule is C=C(N)CCC[N+]12CC[N+](C)(CC1)CC2. The molecule has 3 saturated heterocycles. The van der Waals surface area contributed by atoms with Crippen LogP contribution in [0.15, 0.2) is 12.3 Å². The van der Waals surface area contributed by atoms with Gasteiger partial charge in [-0.3, -0.25) is 0 Å². The molecular formula is C12H25N3+2. The fraction of sp³-hybridized carbons (Fsp3) is 0.833. The number of likely N-dealkylation sites (N-methyl/N-ethyl adjacent to an activating group) is 1. The Kier molecular flexibility index (Phi) is 2.77. The molecule has 3 heteroatoms. The van der Waals surface area contributed by atoms with Gasteiger partial charge in [0.1, 0.15) is 39.3 Å². The van der Waals surface area contributed by atoms with Crippen LogP contribution in [0.3, 0.4) is 0 Å². The molecule has 0 aromatic heterocycles. The molecule has 3 heterocycles. The van der Waals surface area contributed by atoms with Gasteiger partial charge in [-0.05, 0) is 6.42 Å². The Morgan fingerprint density at radius 2 is 1.67 bits per heavy atom. The van der Waals surface area contributed by atoms with Crippen LogP contribution >= 0.6 is 0 Å². The van der Waals surface area contributed by atoms with E-state index in [2.05, 4.69) is 13.6 Å². The van der Waals surface area contributed by atoms with Crippen LogP contribution in [-0.2, 0) is 0 Å². The third-order valence-electron chi connectivity index (χ3n) is 4.47. The van der Waals surface area contributed by atoms with Crippen LogP contribution in [0.25, 0.3) is 0 Å². The maximum absolute atomic E-state index is 5.62. The summed E-state index contributed by atoms with van der Waals surface area (Å²) in [6.07, 6.45) is 2.23. The Morgan fingerprint density at radius 3 is 2.13 bits per heavy atom. The van der Waals surface area contributed by atoms with E-state index in [-0.39, 0.29) is 0 Å². The van der Waals surface area contributed by atoms with Crippen molar-refractivity contribution in [1.29, 1.82) is 0 Å². The number of nitrogens with zero attached hydrogens (tertiary/aromatic N) is 2. The summed E-state index contributed by atoms with van der Waals surface area (Å²) in [5.41, 5.74) is 6.47. The number of hydrogen-bond acceptors (Lipinski definition) is 1. The Morgan fingerprint density at radius 1 is 1.13 bits per heavy atom. The summed E-state index contributed by atoms with van der Waals surface area (Å²) in [4.78, 5) is 0. The first-order chi connectivity index (χ1) is 7.04. The summed E-state index contributed by atoms with van der Waals surface area (Å²) in [5.74, 6) is 0. The van der Waals surface area contributed by atoms with Crippen molar-refractivity contribution in [2.75, 3.05) is 52.9 Å². The minimum Gasteiger partial charge on any atom is -0.403 e. The zero-order valence-electron chi connectivity index (χ0n) is 10.0. The lowest BCUT2D eigenvalue weighted by molar-refractivity contribution is -1.07. The molecule has 86 valence electrons. The first-order valence-electron chi connectivity index (χ1n) is 6.16. The van der Waals surface area contributed by atoms with Crippen LogP contribution in [0, 0.1) is 0 Å². The van der Waals surface area contributed by atoms with Crippen molar-refractivity contribution in [1.82, 2.24) is 0 Å². The molecule has 3 rings (SSSR count). The van der Waals surface area contributed by atoms with E-state index in [4.69, 9.17) is 5.73 Å². The van der Waals surface area contributed by atoms with Gasteiger partial charge in [-0.1, -0.05) is 6.58 Å². The Bertz CT molecular complexity index is 235. The third-order valence-corrected chi connectivity index (χ3v) is 4.47. The fourth-order valence-electron chi connectivity index (χ4n) is 3.01. The molecule has 2 bridgehead atoms. The first-order valence-corrected chi connectivity index (χ1v) is 6.16. The Balaban J connectivity index is 1.84. The number of hydrogen-bond donors (Lipinski definition) is 1. The largest absolute Gasteiger partial charge is 0.403 e. The third kappa shape index (κ3) is 2.34. The Labute approximate surface area is 93.3 Å². The van der Waals surface area contributed by atoms with E-state index in [1.807, 2.05) is 0 Å². The second kappa shape index (κ2) is 3.80. The van der Waals surface area contributed by atoms with Crippen LogP contribution in [0.5, 0.6) is 0 Å². The quantitative estimate of drug-likeness (QED) is 0.675. The van der Waals surface area contributed by atoms with Gasteiger partial charge in [-0.15, -0.1) is 0 Å². The smallest absolute Gasteiger partial charge is 0.129 e. The van der Waals surface area contributed by atoms with Crippen molar-refractivity contribution < 1.29 is 8.97 Å². The van der Waals surface area contributed by atoms with E-state index >= 15 is 0 Å². The molecule has 3 aliphatic rings. The topological polar surface area (TPSA) is 26.0 Å². The average Bonchev–Trinajstić information content (AvgIpc) is 2.20. The molecule has 0 amide bonds. The van der Waals surface area contributed by atoms with Crippen molar-refractivity contribution >= 4 is 0 Å². The summed E-state index contributed by atoms with van der Waals surface area (Å²) >= 11 is 0.